The summed E-state index contributed by atoms with van der Waals surface area (Å²) in [6.07, 6.45) is 0.970. The molecule has 0 fully saturated rings. The molecule has 0 atom stereocenters. The number of aryl methyl sites for hydroxylation is 1. The number of nitriles is 1. The van der Waals surface area contributed by atoms with Crippen LogP contribution in [0.25, 0.3) is 0 Å². The summed E-state index contributed by atoms with van der Waals surface area (Å²) in [5.41, 5.74) is 3.35. The van der Waals surface area contributed by atoms with Gasteiger partial charge in [0.15, 0.2) is 5.96 Å². The number of aliphatic imine (C=N–C) groups is 1. The summed E-state index contributed by atoms with van der Waals surface area (Å²) in [4.78, 5) is 4.44. The van der Waals surface area contributed by atoms with Crippen molar-refractivity contribution in [1.82, 2.24) is 10.6 Å². The van der Waals surface area contributed by atoms with Crippen LogP contribution in [0.2, 0.25) is 0 Å². The molecule has 0 aliphatic rings. The van der Waals surface area contributed by atoms with Crippen molar-refractivity contribution in [2.75, 3.05) is 6.54 Å². The van der Waals surface area contributed by atoms with E-state index < -0.39 is 0 Å². The molecular weight excluding hydrogens is 442 g/mol. The number of guanidine groups is 1. The third-order valence-corrected chi connectivity index (χ3v) is 3.87. The number of nitrogens with zero attached hydrogens (tertiary/aromatic N) is 2. The molecule has 0 saturated carbocycles. The molecule has 0 aliphatic heterocycles. The van der Waals surface area contributed by atoms with Gasteiger partial charge in [0.1, 0.15) is 5.82 Å². The highest BCUT2D eigenvalue weighted by molar-refractivity contribution is 14.0. The third kappa shape index (κ3) is 6.30. The molecule has 0 amide bonds. The lowest BCUT2D eigenvalue weighted by molar-refractivity contribution is 0.610. The van der Waals surface area contributed by atoms with E-state index in [9.17, 15) is 4.39 Å². The molecule has 2 N–H and O–H groups in total. The summed E-state index contributed by atoms with van der Waals surface area (Å²) in [6.45, 7) is 5.64. The Balaban J connectivity index is 0.00000338. The number of nitrogens with one attached hydrogen (secondary N) is 2. The van der Waals surface area contributed by atoms with E-state index in [4.69, 9.17) is 5.26 Å². The summed E-state index contributed by atoms with van der Waals surface area (Å²) in [5.74, 6) is 0.269. The topological polar surface area (TPSA) is 60.2 Å². The van der Waals surface area contributed by atoms with Crippen LogP contribution in [0.4, 0.5) is 4.39 Å². The molecule has 6 heteroatoms. The van der Waals surface area contributed by atoms with E-state index in [0.717, 1.165) is 6.42 Å². The average molecular weight is 466 g/mol. The summed E-state index contributed by atoms with van der Waals surface area (Å²) < 4.78 is 13.9. The van der Waals surface area contributed by atoms with Crippen molar-refractivity contribution < 1.29 is 4.39 Å². The molecule has 0 aliphatic carbocycles. The molecule has 0 bridgehead atoms. The van der Waals surface area contributed by atoms with Gasteiger partial charge in [0.2, 0.25) is 0 Å². The Kier molecular flexibility index (Phi) is 9.66. The zero-order valence-electron chi connectivity index (χ0n) is 15.1. The average Bonchev–Trinajstić information content (AvgIpc) is 2.65. The Hall–Kier alpha value is -2.14. The van der Waals surface area contributed by atoms with Gasteiger partial charge in [-0.2, -0.15) is 5.26 Å². The molecular formula is C20H24FIN4. The van der Waals surface area contributed by atoms with Crippen LogP contribution in [0.1, 0.15) is 36.1 Å². The second-order valence-corrected chi connectivity index (χ2v) is 5.59. The molecule has 2 aromatic rings. The minimum Gasteiger partial charge on any atom is -0.357 e. The van der Waals surface area contributed by atoms with E-state index in [-0.39, 0.29) is 36.3 Å². The van der Waals surface area contributed by atoms with Gasteiger partial charge in [0.25, 0.3) is 0 Å². The van der Waals surface area contributed by atoms with Crippen molar-refractivity contribution in [3.63, 3.8) is 0 Å². The van der Waals surface area contributed by atoms with Crippen LogP contribution in [0.3, 0.4) is 0 Å². The van der Waals surface area contributed by atoms with Gasteiger partial charge in [-0.1, -0.05) is 31.2 Å². The van der Waals surface area contributed by atoms with Crippen molar-refractivity contribution in [2.24, 2.45) is 4.99 Å². The minimum absolute atomic E-state index is 0. The number of halogens is 2. The van der Waals surface area contributed by atoms with Gasteiger partial charge in [-0.05, 0) is 42.7 Å². The zero-order chi connectivity index (χ0) is 18.1. The monoisotopic (exact) mass is 466 g/mol. The standard InChI is InChI=1S/C20H23FN4.HI/c1-3-16-7-5-6-8-17(16)13-24-20(23-4-2)25-14-18-11-15(12-22)9-10-19(18)21;/h5-11H,3-4,13-14H2,1-2H3,(H2,23,24,25);1H. The first-order valence-corrected chi connectivity index (χ1v) is 8.45. The molecule has 0 heterocycles. The maximum Gasteiger partial charge on any atom is 0.191 e. The van der Waals surface area contributed by atoms with Crippen LogP contribution in [0.5, 0.6) is 0 Å². The Morgan fingerprint density at radius 1 is 1.08 bits per heavy atom. The fraction of sp³-hybridized carbons (Fsp3) is 0.300. The second-order valence-electron chi connectivity index (χ2n) is 5.59. The van der Waals surface area contributed by atoms with Gasteiger partial charge in [-0.25, -0.2) is 9.38 Å². The third-order valence-electron chi connectivity index (χ3n) is 3.87. The van der Waals surface area contributed by atoms with Gasteiger partial charge in [0, 0.05) is 18.7 Å². The fourth-order valence-electron chi connectivity index (χ4n) is 2.53. The minimum atomic E-state index is -0.352. The second kappa shape index (κ2) is 11.5. The number of hydrogen-bond donors (Lipinski definition) is 2. The molecule has 0 unspecified atom stereocenters. The van der Waals surface area contributed by atoms with E-state index >= 15 is 0 Å². The van der Waals surface area contributed by atoms with E-state index in [1.807, 2.05) is 25.1 Å². The van der Waals surface area contributed by atoms with E-state index in [1.54, 1.807) is 0 Å². The van der Waals surface area contributed by atoms with Crippen LogP contribution in [0, 0.1) is 17.1 Å². The van der Waals surface area contributed by atoms with Crippen molar-refractivity contribution in [2.45, 2.75) is 33.4 Å². The van der Waals surface area contributed by atoms with Crippen molar-refractivity contribution in [3.8, 4) is 6.07 Å². The molecule has 2 aromatic carbocycles. The van der Waals surface area contributed by atoms with Gasteiger partial charge >= 0.3 is 0 Å². The first kappa shape index (κ1) is 21.9. The van der Waals surface area contributed by atoms with Crippen molar-refractivity contribution in [1.29, 1.82) is 5.26 Å². The van der Waals surface area contributed by atoms with E-state index in [1.165, 1.54) is 29.3 Å². The molecule has 4 nitrogen and oxygen atoms in total. The zero-order valence-corrected chi connectivity index (χ0v) is 17.4. The molecule has 0 radical (unpaired) electrons. The van der Waals surface area contributed by atoms with Crippen LogP contribution < -0.4 is 10.6 Å². The molecule has 0 saturated heterocycles. The van der Waals surface area contributed by atoms with Gasteiger partial charge < -0.3 is 10.6 Å². The first-order valence-electron chi connectivity index (χ1n) is 8.45. The smallest absolute Gasteiger partial charge is 0.191 e. The highest BCUT2D eigenvalue weighted by Gasteiger charge is 2.05. The predicted octanol–water partition coefficient (Wildman–Crippen LogP) is 4.13. The molecule has 0 aromatic heterocycles. The molecule has 0 spiro atoms. The van der Waals surface area contributed by atoms with E-state index in [2.05, 4.69) is 34.7 Å². The highest BCUT2D eigenvalue weighted by Crippen LogP contribution is 2.12. The lowest BCUT2D eigenvalue weighted by Crippen LogP contribution is -2.37. The van der Waals surface area contributed by atoms with Crippen molar-refractivity contribution in [3.05, 3.63) is 70.5 Å². The summed E-state index contributed by atoms with van der Waals surface area (Å²) >= 11 is 0. The van der Waals surface area contributed by atoms with Gasteiger partial charge in [-0.3, -0.25) is 0 Å². The predicted molar refractivity (Wildman–Crippen MR) is 114 cm³/mol. The molecule has 26 heavy (non-hydrogen) atoms. The molecule has 2 rings (SSSR count). The Morgan fingerprint density at radius 3 is 2.46 bits per heavy atom. The Labute approximate surface area is 171 Å². The maximum absolute atomic E-state index is 13.9. The first-order chi connectivity index (χ1) is 12.2. The Bertz CT molecular complexity index is 784. The summed E-state index contributed by atoms with van der Waals surface area (Å²) in [6, 6.07) is 14.6. The number of benzene rings is 2. The lowest BCUT2D eigenvalue weighted by Gasteiger charge is -2.13. The largest absolute Gasteiger partial charge is 0.357 e. The molecule has 138 valence electrons. The SMILES string of the molecule is CCNC(=NCc1cc(C#N)ccc1F)NCc1ccccc1CC.I. The number of hydrogen-bond acceptors (Lipinski definition) is 2. The van der Waals surface area contributed by atoms with Crippen LogP contribution in [0.15, 0.2) is 47.5 Å². The maximum atomic E-state index is 13.9. The van der Waals surface area contributed by atoms with Gasteiger partial charge in [0.05, 0.1) is 18.2 Å². The van der Waals surface area contributed by atoms with Gasteiger partial charge in [-0.15, -0.1) is 24.0 Å². The summed E-state index contributed by atoms with van der Waals surface area (Å²) in [5, 5.41) is 15.4. The van der Waals surface area contributed by atoms with Crippen LogP contribution in [-0.4, -0.2) is 12.5 Å². The lowest BCUT2D eigenvalue weighted by atomic mass is 10.1. The van der Waals surface area contributed by atoms with Crippen LogP contribution in [-0.2, 0) is 19.5 Å². The summed E-state index contributed by atoms with van der Waals surface area (Å²) in [7, 11) is 0. The Morgan fingerprint density at radius 2 is 1.81 bits per heavy atom. The fourth-order valence-corrected chi connectivity index (χ4v) is 2.53. The van der Waals surface area contributed by atoms with E-state index in [0.29, 0.717) is 30.2 Å². The van der Waals surface area contributed by atoms with Crippen molar-refractivity contribution >= 4 is 29.9 Å². The van der Waals surface area contributed by atoms with Crippen LogP contribution >= 0.6 is 24.0 Å². The normalized spacial score (nSPS) is 10.6. The highest BCUT2D eigenvalue weighted by atomic mass is 127. The quantitative estimate of drug-likeness (QED) is 0.383. The number of rotatable bonds is 6.